The monoisotopic (exact) mass is 391 g/mol. The quantitative estimate of drug-likeness (QED) is 0.675. The largest absolute Gasteiger partial charge is 0.381 e. The zero-order valence-corrected chi connectivity index (χ0v) is 14.2. The molecule has 1 N–H and O–H groups in total. The average Bonchev–Trinajstić information content (AvgIpc) is 2.40. The highest BCUT2D eigenvalue weighted by Crippen LogP contribution is 2.21. The van der Waals surface area contributed by atoms with Crippen molar-refractivity contribution in [2.75, 3.05) is 19.8 Å². The summed E-state index contributed by atoms with van der Waals surface area (Å²) in [7, 11) is 0. The summed E-state index contributed by atoms with van der Waals surface area (Å²) < 4.78 is 7.13. The summed E-state index contributed by atoms with van der Waals surface area (Å²) in [5.41, 5.74) is 0.640. The van der Waals surface area contributed by atoms with Gasteiger partial charge in [0.15, 0.2) is 0 Å². The first kappa shape index (κ1) is 16.7. The van der Waals surface area contributed by atoms with Gasteiger partial charge in [0.1, 0.15) is 0 Å². The van der Waals surface area contributed by atoms with Crippen LogP contribution in [0.4, 0.5) is 0 Å². The Hall–Kier alpha value is -0.390. The Kier molecular flexibility index (Phi) is 8.34. The Bertz CT molecular complexity index is 410. The average molecular weight is 393 g/mol. The van der Waals surface area contributed by atoms with E-state index in [0.29, 0.717) is 18.7 Å². The van der Waals surface area contributed by atoms with Gasteiger partial charge in [0.05, 0.1) is 5.56 Å². The van der Waals surface area contributed by atoms with Crippen molar-refractivity contribution in [1.29, 1.82) is 0 Å². The molecule has 1 aromatic carbocycles. The highest BCUT2D eigenvalue weighted by Gasteiger charge is 2.09. The van der Waals surface area contributed by atoms with Gasteiger partial charge in [-0.1, -0.05) is 29.3 Å². The molecule has 0 saturated carbocycles. The molecule has 0 spiro atoms. The van der Waals surface area contributed by atoms with Crippen LogP contribution in [0.3, 0.4) is 0 Å². The number of nitrogens with one attached hydrogen (secondary N) is 1. The second-order valence-corrected chi connectivity index (χ2v) is 5.97. The standard InChI is InChI=1S/C14H19Br2NO2/c1-2-3-8-19-9-4-7-17-14(18)12-10-11(15)5-6-13(12)16/h5-6,10H,2-4,7-9H2,1H3,(H,17,18). The molecule has 0 heterocycles. The lowest BCUT2D eigenvalue weighted by Gasteiger charge is -2.08. The normalized spacial score (nSPS) is 10.5. The van der Waals surface area contributed by atoms with Gasteiger partial charge in [-0.3, -0.25) is 4.79 Å². The minimum Gasteiger partial charge on any atom is -0.381 e. The zero-order chi connectivity index (χ0) is 14.1. The molecule has 0 fully saturated rings. The van der Waals surface area contributed by atoms with Crippen molar-refractivity contribution < 1.29 is 9.53 Å². The minimum absolute atomic E-state index is 0.0678. The van der Waals surface area contributed by atoms with Crippen LogP contribution in [0, 0.1) is 0 Å². The lowest BCUT2D eigenvalue weighted by Crippen LogP contribution is -2.25. The molecule has 0 aliphatic heterocycles. The van der Waals surface area contributed by atoms with Crippen molar-refractivity contribution in [3.63, 3.8) is 0 Å². The third kappa shape index (κ3) is 6.54. The van der Waals surface area contributed by atoms with Crippen molar-refractivity contribution >= 4 is 37.8 Å². The maximum absolute atomic E-state index is 12.0. The Balaban J connectivity index is 2.26. The number of benzene rings is 1. The summed E-state index contributed by atoms with van der Waals surface area (Å²) in [5.74, 6) is -0.0678. The molecule has 0 radical (unpaired) electrons. The van der Waals surface area contributed by atoms with Crippen LogP contribution < -0.4 is 5.32 Å². The molecule has 0 atom stereocenters. The first-order valence-electron chi connectivity index (χ1n) is 6.46. The van der Waals surface area contributed by atoms with E-state index in [-0.39, 0.29) is 5.91 Å². The van der Waals surface area contributed by atoms with Crippen LogP contribution in [0.2, 0.25) is 0 Å². The lowest BCUT2D eigenvalue weighted by atomic mass is 10.2. The van der Waals surface area contributed by atoms with E-state index in [9.17, 15) is 4.79 Å². The van der Waals surface area contributed by atoms with Crippen LogP contribution in [-0.2, 0) is 4.74 Å². The Labute approximate surface area is 131 Å². The number of unbranched alkanes of at least 4 members (excludes halogenated alkanes) is 1. The van der Waals surface area contributed by atoms with Gasteiger partial charge in [-0.25, -0.2) is 0 Å². The summed E-state index contributed by atoms with van der Waals surface area (Å²) in [4.78, 5) is 12.0. The molecular weight excluding hydrogens is 374 g/mol. The lowest BCUT2D eigenvalue weighted by molar-refractivity contribution is 0.0939. The van der Waals surface area contributed by atoms with Crippen molar-refractivity contribution in [1.82, 2.24) is 5.32 Å². The molecule has 0 saturated heterocycles. The molecule has 1 amide bonds. The molecule has 1 aromatic rings. The summed E-state index contributed by atoms with van der Waals surface area (Å²) in [5, 5.41) is 2.89. The van der Waals surface area contributed by atoms with E-state index in [1.165, 1.54) is 0 Å². The van der Waals surface area contributed by atoms with E-state index in [2.05, 4.69) is 44.1 Å². The molecule has 0 unspecified atom stereocenters. The molecule has 0 aliphatic rings. The number of carbonyl (C=O) groups is 1. The summed E-state index contributed by atoms with van der Waals surface area (Å²) in [6.07, 6.45) is 3.08. The van der Waals surface area contributed by atoms with Gasteiger partial charge in [0, 0.05) is 28.7 Å². The summed E-state index contributed by atoms with van der Waals surface area (Å²) in [6, 6.07) is 5.55. The fourth-order valence-electron chi connectivity index (χ4n) is 1.49. The van der Waals surface area contributed by atoms with Gasteiger partial charge in [-0.2, -0.15) is 0 Å². The highest BCUT2D eigenvalue weighted by atomic mass is 79.9. The number of halogens is 2. The molecule has 0 aromatic heterocycles. The van der Waals surface area contributed by atoms with Gasteiger partial charge in [0.2, 0.25) is 0 Å². The van der Waals surface area contributed by atoms with Crippen LogP contribution in [0.1, 0.15) is 36.5 Å². The van der Waals surface area contributed by atoms with Crippen molar-refractivity contribution in [2.24, 2.45) is 0 Å². The van der Waals surface area contributed by atoms with Crippen LogP contribution >= 0.6 is 31.9 Å². The fraction of sp³-hybridized carbons (Fsp3) is 0.500. The zero-order valence-electron chi connectivity index (χ0n) is 11.0. The maximum atomic E-state index is 12.0. The summed E-state index contributed by atoms with van der Waals surface area (Å²) >= 11 is 6.74. The predicted molar refractivity (Wildman–Crippen MR) is 84.5 cm³/mol. The SMILES string of the molecule is CCCCOCCCNC(=O)c1cc(Br)ccc1Br. The molecule has 3 nitrogen and oxygen atoms in total. The summed E-state index contributed by atoms with van der Waals surface area (Å²) in [6.45, 7) is 4.27. The minimum atomic E-state index is -0.0678. The Morgan fingerprint density at radius 1 is 1.26 bits per heavy atom. The van der Waals surface area contributed by atoms with Crippen LogP contribution in [0.15, 0.2) is 27.1 Å². The van der Waals surface area contributed by atoms with Gasteiger partial charge < -0.3 is 10.1 Å². The topological polar surface area (TPSA) is 38.3 Å². The molecule has 106 valence electrons. The maximum Gasteiger partial charge on any atom is 0.252 e. The van der Waals surface area contributed by atoms with E-state index < -0.39 is 0 Å². The number of carbonyl (C=O) groups excluding carboxylic acids is 1. The van der Waals surface area contributed by atoms with Gasteiger partial charge in [-0.05, 0) is 47.0 Å². The molecule has 5 heteroatoms. The van der Waals surface area contributed by atoms with Crippen molar-refractivity contribution in [3.8, 4) is 0 Å². The fourth-order valence-corrected chi connectivity index (χ4v) is 2.28. The van der Waals surface area contributed by atoms with Crippen molar-refractivity contribution in [3.05, 3.63) is 32.7 Å². The second-order valence-electron chi connectivity index (χ2n) is 4.20. The van der Waals surface area contributed by atoms with E-state index in [4.69, 9.17) is 4.74 Å². The second kappa shape index (κ2) is 9.50. The van der Waals surface area contributed by atoms with Gasteiger partial charge in [0.25, 0.3) is 5.91 Å². The first-order valence-corrected chi connectivity index (χ1v) is 8.04. The highest BCUT2D eigenvalue weighted by molar-refractivity contribution is 9.11. The first-order chi connectivity index (χ1) is 9.15. The molecule has 0 aliphatic carbocycles. The van der Waals surface area contributed by atoms with Crippen LogP contribution in [0.25, 0.3) is 0 Å². The Morgan fingerprint density at radius 3 is 2.74 bits per heavy atom. The van der Waals surface area contributed by atoms with E-state index in [0.717, 1.165) is 34.8 Å². The number of ether oxygens (including phenoxy) is 1. The predicted octanol–water partition coefficient (Wildman–Crippen LogP) is 4.15. The van der Waals surface area contributed by atoms with Crippen molar-refractivity contribution in [2.45, 2.75) is 26.2 Å². The number of hydrogen-bond donors (Lipinski definition) is 1. The smallest absolute Gasteiger partial charge is 0.252 e. The van der Waals surface area contributed by atoms with E-state index in [1.54, 1.807) is 6.07 Å². The third-order valence-electron chi connectivity index (χ3n) is 2.57. The van der Waals surface area contributed by atoms with Gasteiger partial charge >= 0.3 is 0 Å². The molecular formula is C14H19Br2NO2. The third-order valence-corrected chi connectivity index (χ3v) is 3.75. The molecule has 1 rings (SSSR count). The molecule has 19 heavy (non-hydrogen) atoms. The van der Waals surface area contributed by atoms with E-state index in [1.807, 2.05) is 12.1 Å². The number of rotatable bonds is 8. The van der Waals surface area contributed by atoms with Crippen LogP contribution in [-0.4, -0.2) is 25.7 Å². The Morgan fingerprint density at radius 2 is 2.00 bits per heavy atom. The number of hydrogen-bond acceptors (Lipinski definition) is 2. The molecule has 0 bridgehead atoms. The van der Waals surface area contributed by atoms with Gasteiger partial charge in [-0.15, -0.1) is 0 Å². The van der Waals surface area contributed by atoms with E-state index >= 15 is 0 Å². The van der Waals surface area contributed by atoms with Crippen LogP contribution in [0.5, 0.6) is 0 Å². The number of amides is 1.